The van der Waals surface area contributed by atoms with Crippen molar-refractivity contribution in [1.82, 2.24) is 0 Å². The normalized spacial score (nSPS) is 14.9. The van der Waals surface area contributed by atoms with Gasteiger partial charge in [0.05, 0.1) is 5.56 Å². The summed E-state index contributed by atoms with van der Waals surface area (Å²) in [4.78, 5) is 37.8. The fourth-order valence-electron chi connectivity index (χ4n) is 3.11. The molecule has 0 spiro atoms. The van der Waals surface area contributed by atoms with Crippen LogP contribution < -0.4 is 19.7 Å². The number of nitrogens with zero attached hydrogens (tertiary/aromatic N) is 1. The molecule has 0 bridgehead atoms. The number of benzene rings is 2. The van der Waals surface area contributed by atoms with E-state index in [-0.39, 0.29) is 18.3 Å². The zero-order chi connectivity index (χ0) is 19.5. The zero-order valence-electron chi connectivity index (χ0n) is 15.0. The van der Waals surface area contributed by atoms with Gasteiger partial charge in [0.2, 0.25) is 12.7 Å². The van der Waals surface area contributed by atoms with Crippen LogP contribution in [-0.2, 0) is 14.3 Å². The van der Waals surface area contributed by atoms with Crippen LogP contribution in [0.3, 0.4) is 0 Å². The van der Waals surface area contributed by atoms with Gasteiger partial charge in [-0.25, -0.2) is 4.79 Å². The summed E-state index contributed by atoms with van der Waals surface area (Å²) in [5, 5.41) is 2.64. The van der Waals surface area contributed by atoms with Crippen molar-refractivity contribution in [2.45, 2.75) is 12.8 Å². The molecular formula is C20H18N2O6. The Balaban J connectivity index is 1.34. The predicted octanol–water partition coefficient (Wildman–Crippen LogP) is 2.34. The third-order valence-electron chi connectivity index (χ3n) is 4.46. The van der Waals surface area contributed by atoms with Crippen LogP contribution in [0.5, 0.6) is 11.5 Å². The van der Waals surface area contributed by atoms with Crippen molar-refractivity contribution >= 4 is 29.2 Å². The van der Waals surface area contributed by atoms with Crippen LogP contribution in [0.1, 0.15) is 23.2 Å². The molecule has 1 saturated heterocycles. The molecule has 0 saturated carbocycles. The lowest BCUT2D eigenvalue weighted by Gasteiger charge is -2.16. The molecule has 2 aromatic carbocycles. The maximum absolute atomic E-state index is 12.3. The topological polar surface area (TPSA) is 94.2 Å². The van der Waals surface area contributed by atoms with Gasteiger partial charge in [0.25, 0.3) is 5.91 Å². The first kappa shape index (κ1) is 17.8. The van der Waals surface area contributed by atoms with E-state index in [2.05, 4.69) is 5.32 Å². The van der Waals surface area contributed by atoms with Gasteiger partial charge < -0.3 is 24.4 Å². The number of nitrogens with one attached hydrogen (secondary N) is 1. The summed E-state index contributed by atoms with van der Waals surface area (Å²) in [6, 6.07) is 11.6. The maximum Gasteiger partial charge on any atom is 0.338 e. The highest BCUT2D eigenvalue weighted by molar-refractivity contribution is 5.98. The van der Waals surface area contributed by atoms with E-state index in [4.69, 9.17) is 14.2 Å². The number of carbonyl (C=O) groups excluding carboxylic acids is 3. The molecule has 2 aromatic rings. The molecule has 1 N–H and O–H groups in total. The molecule has 8 nitrogen and oxygen atoms in total. The summed E-state index contributed by atoms with van der Waals surface area (Å²) in [5.74, 6) is 0.0879. The number of hydrogen-bond acceptors (Lipinski definition) is 6. The molecular weight excluding hydrogens is 364 g/mol. The quantitative estimate of drug-likeness (QED) is 0.798. The van der Waals surface area contributed by atoms with Gasteiger partial charge in [0, 0.05) is 30.4 Å². The Morgan fingerprint density at radius 2 is 1.96 bits per heavy atom. The van der Waals surface area contributed by atoms with E-state index in [1.807, 2.05) is 0 Å². The molecule has 1 fully saturated rings. The molecule has 0 unspecified atom stereocenters. The summed E-state index contributed by atoms with van der Waals surface area (Å²) in [6.07, 6.45) is 1.31. The van der Waals surface area contributed by atoms with Gasteiger partial charge in [-0.1, -0.05) is 6.07 Å². The highest BCUT2D eigenvalue weighted by Crippen LogP contribution is 2.34. The zero-order valence-corrected chi connectivity index (χ0v) is 15.0. The second-order valence-electron chi connectivity index (χ2n) is 6.39. The molecule has 144 valence electrons. The van der Waals surface area contributed by atoms with E-state index in [9.17, 15) is 14.4 Å². The van der Waals surface area contributed by atoms with Gasteiger partial charge in [-0.3, -0.25) is 9.59 Å². The highest BCUT2D eigenvalue weighted by atomic mass is 16.7. The van der Waals surface area contributed by atoms with Crippen LogP contribution in [0.15, 0.2) is 42.5 Å². The lowest BCUT2D eigenvalue weighted by Crippen LogP contribution is -2.24. The molecule has 0 aromatic heterocycles. The number of ether oxygens (including phenoxy) is 3. The first-order valence-electron chi connectivity index (χ1n) is 8.87. The molecule has 0 radical (unpaired) electrons. The number of hydrogen-bond donors (Lipinski definition) is 1. The number of fused-ring (bicyclic) bond motifs is 1. The lowest BCUT2D eigenvalue weighted by molar-refractivity contribution is -0.119. The molecule has 0 atom stereocenters. The van der Waals surface area contributed by atoms with Gasteiger partial charge in [-0.2, -0.15) is 0 Å². The first-order valence-corrected chi connectivity index (χ1v) is 8.87. The van der Waals surface area contributed by atoms with Crippen LogP contribution in [-0.4, -0.2) is 37.7 Å². The second kappa shape index (κ2) is 7.59. The molecule has 2 aliphatic rings. The molecule has 0 aliphatic carbocycles. The Hall–Kier alpha value is -3.55. The third-order valence-corrected chi connectivity index (χ3v) is 4.46. The van der Waals surface area contributed by atoms with E-state index in [1.165, 1.54) is 0 Å². The summed E-state index contributed by atoms with van der Waals surface area (Å²) in [7, 11) is 0. The highest BCUT2D eigenvalue weighted by Gasteiger charge is 2.22. The van der Waals surface area contributed by atoms with E-state index >= 15 is 0 Å². The van der Waals surface area contributed by atoms with Gasteiger partial charge in [-0.15, -0.1) is 0 Å². The van der Waals surface area contributed by atoms with E-state index in [0.29, 0.717) is 35.8 Å². The Morgan fingerprint density at radius 3 is 2.79 bits per heavy atom. The van der Waals surface area contributed by atoms with Crippen LogP contribution in [0.4, 0.5) is 11.4 Å². The standard InChI is InChI=1S/C20H18N2O6/c23-18(21-14-6-7-16-17(10-14)28-12-27-16)11-26-20(25)13-3-1-4-15(9-13)22-8-2-5-19(22)24/h1,3-4,6-7,9-10H,2,5,8,11-12H2,(H,21,23). The van der Waals surface area contributed by atoms with Crippen molar-refractivity contribution in [3.05, 3.63) is 48.0 Å². The molecule has 2 aliphatic heterocycles. The SMILES string of the molecule is O=C(COC(=O)c1cccc(N2CCCC2=O)c1)Nc1ccc2c(c1)OCO2. The Bertz CT molecular complexity index is 942. The minimum absolute atomic E-state index is 0.0358. The Labute approximate surface area is 161 Å². The van der Waals surface area contributed by atoms with Crippen molar-refractivity contribution in [2.75, 3.05) is 30.2 Å². The maximum atomic E-state index is 12.3. The fraction of sp³-hybridized carbons (Fsp3) is 0.250. The van der Waals surface area contributed by atoms with Crippen molar-refractivity contribution in [2.24, 2.45) is 0 Å². The van der Waals surface area contributed by atoms with Crippen molar-refractivity contribution in [3.63, 3.8) is 0 Å². The number of anilines is 2. The number of carbonyl (C=O) groups is 3. The smallest absolute Gasteiger partial charge is 0.338 e. The molecule has 2 amide bonds. The third kappa shape index (κ3) is 3.75. The molecule has 28 heavy (non-hydrogen) atoms. The van der Waals surface area contributed by atoms with Crippen LogP contribution >= 0.6 is 0 Å². The van der Waals surface area contributed by atoms with Crippen molar-refractivity contribution in [1.29, 1.82) is 0 Å². The number of rotatable bonds is 5. The minimum atomic E-state index is -0.630. The average Bonchev–Trinajstić information content (AvgIpc) is 3.34. The van der Waals surface area contributed by atoms with E-state index < -0.39 is 18.5 Å². The number of esters is 1. The fourth-order valence-corrected chi connectivity index (χ4v) is 3.11. The average molecular weight is 382 g/mol. The largest absolute Gasteiger partial charge is 0.454 e. The van der Waals surface area contributed by atoms with Gasteiger partial charge >= 0.3 is 5.97 Å². The Morgan fingerprint density at radius 1 is 1.11 bits per heavy atom. The predicted molar refractivity (Wildman–Crippen MR) is 99.5 cm³/mol. The number of amides is 2. The van der Waals surface area contributed by atoms with Crippen LogP contribution in [0, 0.1) is 0 Å². The second-order valence-corrected chi connectivity index (χ2v) is 6.39. The lowest BCUT2D eigenvalue weighted by atomic mass is 10.2. The van der Waals surface area contributed by atoms with Gasteiger partial charge in [0.15, 0.2) is 18.1 Å². The van der Waals surface area contributed by atoms with Crippen molar-refractivity contribution in [3.8, 4) is 11.5 Å². The van der Waals surface area contributed by atoms with Crippen LogP contribution in [0.25, 0.3) is 0 Å². The summed E-state index contributed by atoms with van der Waals surface area (Å²) in [5.41, 5.74) is 1.45. The van der Waals surface area contributed by atoms with Crippen molar-refractivity contribution < 1.29 is 28.6 Å². The van der Waals surface area contributed by atoms with E-state index in [1.54, 1.807) is 47.4 Å². The molecule has 4 rings (SSSR count). The minimum Gasteiger partial charge on any atom is -0.454 e. The van der Waals surface area contributed by atoms with Gasteiger partial charge in [0.1, 0.15) is 0 Å². The Kier molecular flexibility index (Phi) is 4.84. The summed E-state index contributed by atoms with van der Waals surface area (Å²) < 4.78 is 15.6. The monoisotopic (exact) mass is 382 g/mol. The first-order chi connectivity index (χ1) is 13.6. The molecule has 8 heteroatoms. The van der Waals surface area contributed by atoms with E-state index in [0.717, 1.165) is 6.42 Å². The summed E-state index contributed by atoms with van der Waals surface area (Å²) in [6.45, 7) is 0.349. The van der Waals surface area contributed by atoms with Gasteiger partial charge in [-0.05, 0) is 36.8 Å². The summed E-state index contributed by atoms with van der Waals surface area (Å²) >= 11 is 0. The van der Waals surface area contributed by atoms with Crippen LogP contribution in [0.2, 0.25) is 0 Å². The molecule has 2 heterocycles.